The topological polar surface area (TPSA) is 22.0 Å². The Morgan fingerprint density at radius 2 is 1.20 bits per heavy atom. The van der Waals surface area contributed by atoms with Crippen LogP contribution in [0.1, 0.15) is 16.1 Å². The van der Waals surface area contributed by atoms with Crippen molar-refractivity contribution in [1.82, 2.24) is 4.57 Å². The van der Waals surface area contributed by atoms with Gasteiger partial charge in [-0.05, 0) is 23.8 Å². The molecule has 0 amide bonds. The molecule has 120 valence electrons. The third kappa shape index (κ3) is 2.90. The van der Waals surface area contributed by atoms with Crippen molar-refractivity contribution < 1.29 is 4.79 Å². The number of carbonyl (C=O) groups excluding carboxylic acids is 1. The predicted octanol–water partition coefficient (Wildman–Crippen LogP) is 5.38. The fourth-order valence-corrected chi connectivity index (χ4v) is 3.04. The summed E-state index contributed by atoms with van der Waals surface area (Å²) in [5.74, 6) is 0.0216. The first-order valence-corrected chi connectivity index (χ1v) is 8.26. The van der Waals surface area contributed by atoms with E-state index in [1.54, 1.807) is 0 Å². The lowest BCUT2D eigenvalue weighted by Crippen LogP contribution is -2.09. The van der Waals surface area contributed by atoms with Gasteiger partial charge in [0.1, 0.15) is 5.69 Å². The number of ketones is 1. The number of carbonyl (C=O) groups is 1. The molecule has 1 heterocycles. The highest BCUT2D eigenvalue weighted by atomic mass is 16.1. The second kappa shape index (κ2) is 6.62. The summed E-state index contributed by atoms with van der Waals surface area (Å²) in [6, 6.07) is 31.4. The first kappa shape index (κ1) is 15.2. The molecule has 1 aromatic heterocycles. The van der Waals surface area contributed by atoms with E-state index in [2.05, 4.69) is 0 Å². The molecule has 0 radical (unpaired) electrons. The highest BCUT2D eigenvalue weighted by molar-refractivity contribution is 6.12. The highest BCUT2D eigenvalue weighted by Gasteiger charge is 2.20. The van der Waals surface area contributed by atoms with Crippen LogP contribution in [0, 0.1) is 0 Å². The van der Waals surface area contributed by atoms with E-state index < -0.39 is 0 Å². The summed E-state index contributed by atoms with van der Waals surface area (Å²) < 4.78 is 1.97. The summed E-state index contributed by atoms with van der Waals surface area (Å²) >= 11 is 0. The molecule has 0 unspecified atom stereocenters. The van der Waals surface area contributed by atoms with Gasteiger partial charge in [0.25, 0.3) is 0 Å². The Hall–Kier alpha value is -3.39. The molecule has 0 bridgehead atoms. The molecule has 0 aliphatic carbocycles. The van der Waals surface area contributed by atoms with E-state index in [1.807, 2.05) is 108 Å². The van der Waals surface area contributed by atoms with Crippen LogP contribution in [0.5, 0.6) is 0 Å². The van der Waals surface area contributed by atoms with Crippen molar-refractivity contribution in [2.45, 2.75) is 0 Å². The van der Waals surface area contributed by atoms with Crippen LogP contribution in [0.15, 0.2) is 103 Å². The van der Waals surface area contributed by atoms with Crippen molar-refractivity contribution in [3.8, 4) is 16.8 Å². The molecule has 0 saturated carbocycles. The van der Waals surface area contributed by atoms with Crippen molar-refractivity contribution in [2.75, 3.05) is 0 Å². The molecule has 2 heteroatoms. The third-order valence-corrected chi connectivity index (χ3v) is 4.26. The molecule has 0 aliphatic heterocycles. The van der Waals surface area contributed by atoms with Gasteiger partial charge in [0.2, 0.25) is 5.78 Å². The van der Waals surface area contributed by atoms with Crippen LogP contribution in [0.3, 0.4) is 0 Å². The van der Waals surface area contributed by atoms with E-state index >= 15 is 0 Å². The molecule has 0 saturated heterocycles. The summed E-state index contributed by atoms with van der Waals surface area (Å²) in [6.07, 6.45) is 1.97. The standard InChI is InChI=1S/C23H17NO/c25-23(19-12-6-2-7-13-19)22-21(18-10-4-1-5-11-18)16-17-24(22)20-14-8-3-9-15-20/h1-17H. The number of aromatic nitrogens is 1. The summed E-state index contributed by atoms with van der Waals surface area (Å²) in [5.41, 5.74) is 4.33. The molecule has 0 spiro atoms. The number of nitrogens with zero attached hydrogens (tertiary/aromatic N) is 1. The minimum Gasteiger partial charge on any atom is -0.313 e. The Morgan fingerprint density at radius 1 is 0.640 bits per heavy atom. The maximum absolute atomic E-state index is 13.3. The Balaban J connectivity index is 1.93. The predicted molar refractivity (Wildman–Crippen MR) is 101 cm³/mol. The smallest absolute Gasteiger partial charge is 0.210 e. The molecule has 3 aromatic carbocycles. The molecule has 0 aliphatic rings. The average Bonchev–Trinajstić information content (AvgIpc) is 3.14. The summed E-state index contributed by atoms with van der Waals surface area (Å²) in [6.45, 7) is 0. The zero-order valence-electron chi connectivity index (χ0n) is 13.7. The zero-order valence-corrected chi connectivity index (χ0v) is 13.7. The van der Waals surface area contributed by atoms with Gasteiger partial charge in [-0.1, -0.05) is 78.9 Å². The highest BCUT2D eigenvalue weighted by Crippen LogP contribution is 2.29. The van der Waals surface area contributed by atoms with Crippen molar-refractivity contribution in [2.24, 2.45) is 0 Å². The number of rotatable bonds is 4. The van der Waals surface area contributed by atoms with E-state index in [0.717, 1.165) is 16.8 Å². The Kier molecular flexibility index (Phi) is 4.01. The first-order chi connectivity index (χ1) is 12.3. The molecule has 25 heavy (non-hydrogen) atoms. The maximum atomic E-state index is 13.3. The van der Waals surface area contributed by atoms with E-state index in [9.17, 15) is 4.79 Å². The van der Waals surface area contributed by atoms with Crippen molar-refractivity contribution >= 4 is 5.78 Å². The quantitative estimate of drug-likeness (QED) is 0.462. The van der Waals surface area contributed by atoms with Crippen molar-refractivity contribution in [1.29, 1.82) is 0 Å². The number of hydrogen-bond donors (Lipinski definition) is 0. The fraction of sp³-hybridized carbons (Fsp3) is 0. The molecule has 2 nitrogen and oxygen atoms in total. The first-order valence-electron chi connectivity index (χ1n) is 8.26. The summed E-state index contributed by atoms with van der Waals surface area (Å²) in [5, 5.41) is 0. The molecular formula is C23H17NO. The van der Waals surface area contributed by atoms with E-state index in [0.29, 0.717) is 11.3 Å². The third-order valence-electron chi connectivity index (χ3n) is 4.26. The zero-order chi connectivity index (χ0) is 17.1. The van der Waals surface area contributed by atoms with Crippen molar-refractivity contribution in [3.63, 3.8) is 0 Å². The van der Waals surface area contributed by atoms with Crippen LogP contribution in [-0.2, 0) is 0 Å². The average molecular weight is 323 g/mol. The molecule has 0 atom stereocenters. The molecule has 0 N–H and O–H groups in total. The molecule has 4 rings (SSSR count). The van der Waals surface area contributed by atoms with Gasteiger partial charge in [0.15, 0.2) is 0 Å². The lowest BCUT2D eigenvalue weighted by atomic mass is 10.00. The monoisotopic (exact) mass is 323 g/mol. The van der Waals surface area contributed by atoms with Gasteiger partial charge >= 0.3 is 0 Å². The lowest BCUT2D eigenvalue weighted by Gasteiger charge is -2.11. The van der Waals surface area contributed by atoms with Gasteiger partial charge in [-0.2, -0.15) is 0 Å². The Morgan fingerprint density at radius 3 is 1.84 bits per heavy atom. The number of benzene rings is 3. The lowest BCUT2D eigenvalue weighted by molar-refractivity contribution is 0.103. The number of para-hydroxylation sites is 1. The van der Waals surface area contributed by atoms with Gasteiger partial charge in [0.05, 0.1) is 0 Å². The Labute approximate surface area is 147 Å². The molecule has 0 fully saturated rings. The summed E-state index contributed by atoms with van der Waals surface area (Å²) in [7, 11) is 0. The van der Waals surface area contributed by atoms with Crippen LogP contribution in [0.25, 0.3) is 16.8 Å². The van der Waals surface area contributed by atoms with E-state index in [-0.39, 0.29) is 5.78 Å². The number of hydrogen-bond acceptors (Lipinski definition) is 1. The maximum Gasteiger partial charge on any atom is 0.210 e. The second-order valence-electron chi connectivity index (χ2n) is 5.84. The van der Waals surface area contributed by atoms with Gasteiger partial charge in [-0.3, -0.25) is 4.79 Å². The fourth-order valence-electron chi connectivity index (χ4n) is 3.04. The van der Waals surface area contributed by atoms with Gasteiger partial charge in [-0.15, -0.1) is 0 Å². The SMILES string of the molecule is O=C(c1ccccc1)c1c(-c2ccccc2)ccn1-c1ccccc1. The van der Waals surface area contributed by atoms with E-state index in [4.69, 9.17) is 0 Å². The largest absolute Gasteiger partial charge is 0.313 e. The van der Waals surface area contributed by atoms with E-state index in [1.165, 1.54) is 0 Å². The minimum absolute atomic E-state index is 0.0216. The molecular weight excluding hydrogens is 306 g/mol. The van der Waals surface area contributed by atoms with Crippen LogP contribution in [-0.4, -0.2) is 10.4 Å². The van der Waals surface area contributed by atoms with Crippen LogP contribution in [0.2, 0.25) is 0 Å². The second-order valence-corrected chi connectivity index (χ2v) is 5.84. The van der Waals surface area contributed by atoms with Crippen molar-refractivity contribution in [3.05, 3.63) is 115 Å². The van der Waals surface area contributed by atoms with Crippen LogP contribution in [0.4, 0.5) is 0 Å². The Bertz CT molecular complexity index is 929. The minimum atomic E-state index is 0.0216. The van der Waals surface area contributed by atoms with Gasteiger partial charge in [-0.25, -0.2) is 0 Å². The molecule has 4 aromatic rings. The van der Waals surface area contributed by atoms with Gasteiger partial charge in [0, 0.05) is 23.0 Å². The van der Waals surface area contributed by atoms with Crippen LogP contribution >= 0.6 is 0 Å². The summed E-state index contributed by atoms with van der Waals surface area (Å²) in [4.78, 5) is 13.3. The van der Waals surface area contributed by atoms with Gasteiger partial charge < -0.3 is 4.57 Å². The van der Waals surface area contributed by atoms with Crippen LogP contribution < -0.4 is 0 Å². The normalized spacial score (nSPS) is 10.6.